The van der Waals surface area contributed by atoms with E-state index in [4.69, 9.17) is 21.7 Å². The Labute approximate surface area is 197 Å². The number of hydrogen-bond donors (Lipinski definition) is 5. The van der Waals surface area contributed by atoms with Crippen molar-refractivity contribution in [2.75, 3.05) is 31.2 Å². The molecule has 1 saturated carbocycles. The lowest BCUT2D eigenvalue weighted by molar-refractivity contribution is 0.115. The van der Waals surface area contributed by atoms with E-state index in [0.29, 0.717) is 18.5 Å². The Kier molecular flexibility index (Phi) is 9.46. The predicted octanol–water partition coefficient (Wildman–Crippen LogP) is 2.49. The van der Waals surface area contributed by atoms with Gasteiger partial charge in [-0.3, -0.25) is 10.2 Å². The summed E-state index contributed by atoms with van der Waals surface area (Å²) >= 11 is 0. The number of piperidine rings is 1. The van der Waals surface area contributed by atoms with E-state index in [1.807, 2.05) is 31.2 Å². The molecular weight excluding hydrogens is 416 g/mol. The molecule has 0 radical (unpaired) electrons. The van der Waals surface area contributed by atoms with E-state index in [2.05, 4.69) is 10.2 Å². The zero-order valence-electron chi connectivity index (χ0n) is 20.0. The van der Waals surface area contributed by atoms with Crippen LogP contribution in [0.3, 0.4) is 0 Å². The van der Waals surface area contributed by atoms with Gasteiger partial charge in [0.1, 0.15) is 12.0 Å². The largest absolute Gasteiger partial charge is 0.465 e. The average Bonchev–Trinajstić information content (AvgIpc) is 3.62. The fourth-order valence-corrected chi connectivity index (χ4v) is 4.21. The third-order valence-electron chi connectivity index (χ3n) is 6.19. The summed E-state index contributed by atoms with van der Waals surface area (Å²) < 4.78 is 6.03. The zero-order chi connectivity index (χ0) is 23.8. The van der Waals surface area contributed by atoms with Crippen LogP contribution in [0.2, 0.25) is 0 Å². The van der Waals surface area contributed by atoms with Gasteiger partial charge in [0.05, 0.1) is 11.9 Å². The first-order valence-corrected chi connectivity index (χ1v) is 11.9. The van der Waals surface area contributed by atoms with Crippen LogP contribution in [-0.2, 0) is 6.54 Å². The fourth-order valence-electron chi connectivity index (χ4n) is 4.21. The van der Waals surface area contributed by atoms with Crippen molar-refractivity contribution in [2.24, 2.45) is 17.5 Å². The molecule has 2 aliphatic rings. The van der Waals surface area contributed by atoms with Gasteiger partial charge in [-0.05, 0) is 87.9 Å². The second-order valence-corrected chi connectivity index (χ2v) is 9.33. The highest BCUT2D eigenvalue weighted by Gasteiger charge is 2.24. The summed E-state index contributed by atoms with van der Waals surface area (Å²) in [5.41, 5.74) is 9.78. The Hall–Kier alpha value is -2.23. The number of ether oxygens (including phenoxy) is 1. The van der Waals surface area contributed by atoms with E-state index in [9.17, 15) is 5.11 Å². The minimum atomic E-state index is -0.478. The van der Waals surface area contributed by atoms with Crippen molar-refractivity contribution in [3.05, 3.63) is 47.2 Å². The van der Waals surface area contributed by atoms with Crippen molar-refractivity contribution in [3.8, 4) is 5.75 Å². The van der Waals surface area contributed by atoms with Crippen molar-refractivity contribution in [3.63, 3.8) is 0 Å². The Balaban J connectivity index is 1.65. The van der Waals surface area contributed by atoms with Crippen molar-refractivity contribution >= 4 is 11.9 Å². The Morgan fingerprint density at radius 2 is 2.06 bits per heavy atom. The van der Waals surface area contributed by atoms with E-state index >= 15 is 0 Å². The highest BCUT2D eigenvalue weighted by molar-refractivity contribution is 5.75. The maximum atomic E-state index is 9.55. The third kappa shape index (κ3) is 8.24. The van der Waals surface area contributed by atoms with Crippen molar-refractivity contribution in [1.29, 1.82) is 5.41 Å². The Bertz CT molecular complexity index is 841. The minimum absolute atomic E-state index is 0.346. The van der Waals surface area contributed by atoms with Crippen LogP contribution < -0.4 is 26.6 Å². The van der Waals surface area contributed by atoms with Crippen LogP contribution >= 0.6 is 0 Å². The van der Waals surface area contributed by atoms with Gasteiger partial charge in [0, 0.05) is 37.5 Å². The highest BCUT2D eigenvalue weighted by atomic mass is 16.5. The number of nitrogens with two attached hydrogens (primary N) is 2. The van der Waals surface area contributed by atoms with Crippen LogP contribution in [0, 0.1) is 11.3 Å². The van der Waals surface area contributed by atoms with Crippen LogP contribution in [0.1, 0.15) is 45.1 Å². The Morgan fingerprint density at radius 3 is 2.67 bits per heavy atom. The molecule has 1 aliphatic heterocycles. The number of likely N-dealkylation sites (tertiary alicyclic amines) is 1. The number of hydrazine groups is 1. The van der Waals surface area contributed by atoms with Gasteiger partial charge < -0.3 is 26.0 Å². The summed E-state index contributed by atoms with van der Waals surface area (Å²) in [7, 11) is 0. The summed E-state index contributed by atoms with van der Waals surface area (Å²) in [5, 5.41) is 22.1. The topological polar surface area (TPSA) is 124 Å². The van der Waals surface area contributed by atoms with E-state index in [1.165, 1.54) is 19.1 Å². The van der Waals surface area contributed by atoms with E-state index < -0.39 is 6.23 Å². The Morgan fingerprint density at radius 1 is 1.33 bits per heavy atom. The second-order valence-electron chi connectivity index (χ2n) is 9.33. The van der Waals surface area contributed by atoms with Crippen LogP contribution in [0.5, 0.6) is 5.75 Å². The van der Waals surface area contributed by atoms with Gasteiger partial charge in [-0.15, -0.1) is 0 Å². The van der Waals surface area contributed by atoms with E-state index in [1.54, 1.807) is 18.2 Å². The molecule has 0 bridgehead atoms. The van der Waals surface area contributed by atoms with Crippen LogP contribution in [0.25, 0.3) is 0 Å². The molecule has 1 saturated heterocycles. The summed E-state index contributed by atoms with van der Waals surface area (Å²) in [5.74, 6) is 7.68. The minimum Gasteiger partial charge on any atom is -0.465 e. The number of nitrogens with one attached hydrogen (secondary N) is 2. The molecule has 182 valence electrons. The molecule has 2 fully saturated rings. The number of aliphatic hydroxyl groups excluding tert-OH is 1. The van der Waals surface area contributed by atoms with Crippen LogP contribution in [0.15, 0.2) is 41.7 Å². The molecule has 33 heavy (non-hydrogen) atoms. The van der Waals surface area contributed by atoms with Gasteiger partial charge in [-0.25, -0.2) is 5.84 Å². The van der Waals surface area contributed by atoms with Gasteiger partial charge in [-0.1, -0.05) is 6.08 Å². The molecule has 0 amide bonds. The normalized spacial score (nSPS) is 19.4. The average molecular weight is 457 g/mol. The summed E-state index contributed by atoms with van der Waals surface area (Å²) in [4.78, 5) is 2.38. The maximum absolute atomic E-state index is 9.55. The third-order valence-corrected chi connectivity index (χ3v) is 6.19. The highest BCUT2D eigenvalue weighted by Crippen LogP contribution is 2.32. The summed E-state index contributed by atoms with van der Waals surface area (Å²) in [6.07, 6.45) is 9.11. The smallest absolute Gasteiger partial charge is 0.127 e. The first-order valence-electron chi connectivity index (χ1n) is 11.9. The molecule has 8 nitrogen and oxygen atoms in total. The van der Waals surface area contributed by atoms with Crippen molar-refractivity contribution < 1.29 is 9.84 Å². The first-order chi connectivity index (χ1) is 15.9. The van der Waals surface area contributed by atoms with Crippen molar-refractivity contribution in [2.45, 2.75) is 58.3 Å². The van der Waals surface area contributed by atoms with Gasteiger partial charge in [0.2, 0.25) is 0 Å². The molecule has 0 spiro atoms. The van der Waals surface area contributed by atoms with Gasteiger partial charge >= 0.3 is 0 Å². The molecule has 8 heteroatoms. The fraction of sp³-hybridized carbons (Fsp3) is 0.560. The molecule has 1 aliphatic carbocycles. The molecule has 1 unspecified atom stereocenters. The predicted molar refractivity (Wildman–Crippen MR) is 134 cm³/mol. The quantitative estimate of drug-likeness (QED) is 0.0817. The molecule has 1 atom stereocenters. The number of aliphatic hydroxyl groups is 1. The van der Waals surface area contributed by atoms with Gasteiger partial charge in [0.25, 0.3) is 0 Å². The van der Waals surface area contributed by atoms with Gasteiger partial charge in [-0.2, -0.15) is 0 Å². The molecule has 1 heterocycles. The van der Waals surface area contributed by atoms with E-state index in [0.717, 1.165) is 67.2 Å². The molecule has 0 aromatic heterocycles. The van der Waals surface area contributed by atoms with Crippen LogP contribution in [0.4, 0.5) is 5.69 Å². The number of allylic oxidation sites excluding steroid dienone is 1. The standard InChI is InChI=1S/C25H40N6O2/c1-18(13-26)11-21(15-30-9-7-23(8-10-30)29-19(2)32)17-33-24-5-6-25(22(12-24)14-27)31(28)16-20-3-4-20/h5-6,11-13,17,19-20,23,26,29,32H,3-4,7-10,14-16,27-28H2,1-2H3/b18-11-,21-17-,26-13?. The number of rotatable bonds is 12. The van der Waals surface area contributed by atoms with Crippen molar-refractivity contribution in [1.82, 2.24) is 10.2 Å². The first kappa shape index (κ1) is 25.4. The van der Waals surface area contributed by atoms with Crippen LogP contribution in [-0.4, -0.2) is 54.7 Å². The lowest BCUT2D eigenvalue weighted by Crippen LogP contribution is -2.45. The maximum Gasteiger partial charge on any atom is 0.127 e. The number of hydrogen-bond acceptors (Lipinski definition) is 8. The number of benzene rings is 1. The molecule has 3 rings (SSSR count). The molecule has 1 aromatic carbocycles. The number of nitrogens with zero attached hydrogens (tertiary/aromatic N) is 2. The van der Waals surface area contributed by atoms with E-state index in [-0.39, 0.29) is 0 Å². The summed E-state index contributed by atoms with van der Waals surface area (Å²) in [6.45, 7) is 7.55. The second kappa shape index (κ2) is 12.3. The van der Waals surface area contributed by atoms with Gasteiger partial charge in [0.15, 0.2) is 0 Å². The molecule has 7 N–H and O–H groups in total. The monoisotopic (exact) mass is 456 g/mol. The summed E-state index contributed by atoms with van der Waals surface area (Å²) in [6, 6.07) is 6.21. The molecule has 1 aromatic rings. The number of anilines is 1. The lowest BCUT2D eigenvalue weighted by atomic mass is 10.0. The SMILES string of the molecule is C/C(C=N)=C/C(=C/Oc1ccc(N(N)CC2CC2)c(CN)c1)CN1CCC(NC(C)O)CC1. The molecular formula is C25H40N6O2. The lowest BCUT2D eigenvalue weighted by Gasteiger charge is -2.33. The zero-order valence-corrected chi connectivity index (χ0v) is 20.0.